The van der Waals surface area contributed by atoms with Gasteiger partial charge >= 0.3 is 5.69 Å². The first-order valence-electron chi connectivity index (χ1n) is 7.09. The van der Waals surface area contributed by atoms with Gasteiger partial charge in [-0.3, -0.25) is 8.94 Å². The molecule has 8 heteroatoms. The number of para-hydroxylation sites is 1. The molecule has 0 saturated carbocycles. The number of aromatic nitrogens is 2. The minimum absolute atomic E-state index is 0.226. The van der Waals surface area contributed by atoms with Crippen molar-refractivity contribution in [2.24, 2.45) is 4.99 Å². The van der Waals surface area contributed by atoms with Crippen LogP contribution in [0.25, 0.3) is 0 Å². The molecule has 0 spiro atoms. The van der Waals surface area contributed by atoms with Gasteiger partial charge in [0.25, 0.3) is 0 Å². The molecule has 24 heavy (non-hydrogen) atoms. The SMILES string of the molecule is O=c1[nH]s/c(=N\c2ccc(Cl)c(Cl)c2)n1CCOc1ccccc1. The quantitative estimate of drug-likeness (QED) is 0.729. The summed E-state index contributed by atoms with van der Waals surface area (Å²) in [5, 5.41) is 0.877. The van der Waals surface area contributed by atoms with E-state index in [1.165, 1.54) is 4.57 Å². The second kappa shape index (κ2) is 7.70. The second-order valence-corrected chi connectivity index (χ2v) is 6.40. The molecule has 1 aromatic heterocycles. The number of benzene rings is 2. The van der Waals surface area contributed by atoms with E-state index in [0.29, 0.717) is 33.7 Å². The molecule has 2 aromatic carbocycles. The molecule has 1 heterocycles. The fourth-order valence-electron chi connectivity index (χ4n) is 2.00. The van der Waals surface area contributed by atoms with Crippen molar-refractivity contribution in [3.8, 4) is 5.75 Å². The van der Waals surface area contributed by atoms with Gasteiger partial charge < -0.3 is 4.74 Å². The normalized spacial score (nSPS) is 11.7. The first-order chi connectivity index (χ1) is 11.6. The van der Waals surface area contributed by atoms with Gasteiger partial charge in [0, 0.05) is 0 Å². The van der Waals surface area contributed by atoms with Gasteiger partial charge in [-0.1, -0.05) is 41.4 Å². The zero-order valence-corrected chi connectivity index (χ0v) is 14.7. The second-order valence-electron chi connectivity index (χ2n) is 4.82. The Balaban J connectivity index is 1.79. The van der Waals surface area contributed by atoms with E-state index in [4.69, 9.17) is 27.9 Å². The highest BCUT2D eigenvalue weighted by Crippen LogP contribution is 2.26. The van der Waals surface area contributed by atoms with Crippen LogP contribution in [0.15, 0.2) is 58.3 Å². The van der Waals surface area contributed by atoms with E-state index in [-0.39, 0.29) is 5.69 Å². The Hall–Kier alpha value is -2.02. The van der Waals surface area contributed by atoms with Crippen molar-refractivity contribution < 1.29 is 4.74 Å². The Kier molecular flexibility index (Phi) is 5.40. The summed E-state index contributed by atoms with van der Waals surface area (Å²) in [6, 6.07) is 14.5. The molecule has 0 aliphatic rings. The van der Waals surface area contributed by atoms with Crippen molar-refractivity contribution in [1.82, 2.24) is 8.94 Å². The lowest BCUT2D eigenvalue weighted by molar-refractivity contribution is 0.294. The average molecular weight is 382 g/mol. The topological polar surface area (TPSA) is 59.4 Å². The summed E-state index contributed by atoms with van der Waals surface area (Å²) in [7, 11) is 0. The number of halogens is 2. The molecule has 0 aliphatic heterocycles. The van der Waals surface area contributed by atoms with Crippen molar-refractivity contribution in [3.63, 3.8) is 0 Å². The van der Waals surface area contributed by atoms with Gasteiger partial charge in [0.1, 0.15) is 12.4 Å². The molecule has 3 rings (SSSR count). The van der Waals surface area contributed by atoms with E-state index < -0.39 is 0 Å². The van der Waals surface area contributed by atoms with Crippen LogP contribution in [0.2, 0.25) is 10.0 Å². The highest BCUT2D eigenvalue weighted by atomic mass is 35.5. The Labute approximate surface area is 151 Å². The first kappa shape index (κ1) is 16.8. The number of nitrogens with one attached hydrogen (secondary N) is 1. The third-order valence-corrected chi connectivity index (χ3v) is 4.67. The van der Waals surface area contributed by atoms with Gasteiger partial charge in [-0.05, 0) is 41.9 Å². The van der Waals surface area contributed by atoms with Gasteiger partial charge in [-0.2, -0.15) is 0 Å². The molecule has 0 aliphatic carbocycles. The number of hydrogen-bond donors (Lipinski definition) is 1. The first-order valence-corrected chi connectivity index (χ1v) is 8.66. The van der Waals surface area contributed by atoms with E-state index >= 15 is 0 Å². The fourth-order valence-corrected chi connectivity index (χ4v) is 3.02. The van der Waals surface area contributed by atoms with Gasteiger partial charge in [0.15, 0.2) is 0 Å². The summed E-state index contributed by atoms with van der Waals surface area (Å²) in [4.78, 5) is 16.9. The molecule has 0 unspecified atom stereocenters. The van der Waals surface area contributed by atoms with Crippen LogP contribution in [0, 0.1) is 0 Å². The van der Waals surface area contributed by atoms with Crippen LogP contribution < -0.4 is 15.2 Å². The number of aromatic amines is 1. The van der Waals surface area contributed by atoms with Crippen molar-refractivity contribution in [2.45, 2.75) is 6.54 Å². The molecule has 124 valence electrons. The van der Waals surface area contributed by atoms with Crippen molar-refractivity contribution >= 4 is 40.4 Å². The molecular weight excluding hydrogens is 369 g/mol. The average Bonchev–Trinajstić information content (AvgIpc) is 2.92. The molecule has 0 radical (unpaired) electrons. The molecule has 1 N–H and O–H groups in total. The Morgan fingerprint density at radius 3 is 2.67 bits per heavy atom. The number of H-pyrrole nitrogens is 1. The van der Waals surface area contributed by atoms with E-state index in [1.807, 2.05) is 30.3 Å². The largest absolute Gasteiger partial charge is 0.492 e. The maximum Gasteiger partial charge on any atom is 0.337 e. The van der Waals surface area contributed by atoms with Gasteiger partial charge in [-0.15, -0.1) is 0 Å². The third-order valence-electron chi connectivity index (χ3n) is 3.16. The minimum atomic E-state index is -0.226. The summed E-state index contributed by atoms with van der Waals surface area (Å²) in [5.74, 6) is 0.757. The summed E-state index contributed by atoms with van der Waals surface area (Å²) in [5.41, 5.74) is 0.396. The Morgan fingerprint density at radius 2 is 1.92 bits per heavy atom. The van der Waals surface area contributed by atoms with E-state index in [2.05, 4.69) is 9.37 Å². The summed E-state index contributed by atoms with van der Waals surface area (Å²) in [6.07, 6.45) is 0. The van der Waals surface area contributed by atoms with Crippen LogP contribution in [-0.2, 0) is 6.54 Å². The lowest BCUT2D eigenvalue weighted by Gasteiger charge is -2.05. The monoisotopic (exact) mass is 381 g/mol. The van der Waals surface area contributed by atoms with E-state index in [1.54, 1.807) is 18.2 Å². The van der Waals surface area contributed by atoms with Crippen LogP contribution >= 0.6 is 34.7 Å². The lowest BCUT2D eigenvalue weighted by Crippen LogP contribution is -2.29. The third kappa shape index (κ3) is 4.08. The van der Waals surface area contributed by atoms with Crippen LogP contribution in [0.4, 0.5) is 5.69 Å². The van der Waals surface area contributed by atoms with Crippen LogP contribution in [-0.4, -0.2) is 15.5 Å². The van der Waals surface area contributed by atoms with Gasteiger partial charge in [0.05, 0.1) is 22.3 Å². The van der Waals surface area contributed by atoms with E-state index in [0.717, 1.165) is 17.3 Å². The molecule has 0 fully saturated rings. The Morgan fingerprint density at radius 1 is 1.12 bits per heavy atom. The number of nitrogens with zero attached hydrogens (tertiary/aromatic N) is 2. The molecule has 0 bridgehead atoms. The molecule has 3 aromatic rings. The predicted molar refractivity (Wildman–Crippen MR) is 96.6 cm³/mol. The highest BCUT2D eigenvalue weighted by molar-refractivity contribution is 7.02. The van der Waals surface area contributed by atoms with E-state index in [9.17, 15) is 4.79 Å². The minimum Gasteiger partial charge on any atom is -0.492 e. The maximum absolute atomic E-state index is 11.9. The molecule has 5 nitrogen and oxygen atoms in total. The smallest absolute Gasteiger partial charge is 0.337 e. The Bertz CT molecular complexity index is 948. The standard InChI is InChI=1S/C16H13Cl2N3O2S/c17-13-7-6-11(10-14(13)18)19-16-21(15(22)20-24-16)8-9-23-12-4-2-1-3-5-12/h1-7,10H,8-9H2,(H,20,22)/b19-16-. The van der Waals surface area contributed by atoms with Crippen LogP contribution in [0.5, 0.6) is 5.75 Å². The predicted octanol–water partition coefficient (Wildman–Crippen LogP) is 3.86. The van der Waals surface area contributed by atoms with Crippen molar-refractivity contribution in [2.75, 3.05) is 6.61 Å². The van der Waals surface area contributed by atoms with Gasteiger partial charge in [-0.25, -0.2) is 9.79 Å². The number of rotatable bonds is 5. The summed E-state index contributed by atoms with van der Waals surface area (Å²) in [6.45, 7) is 0.742. The molecular formula is C16H13Cl2N3O2S. The molecule has 0 saturated heterocycles. The zero-order chi connectivity index (χ0) is 16.9. The van der Waals surface area contributed by atoms with Crippen molar-refractivity contribution in [3.05, 3.63) is 73.9 Å². The molecule has 0 amide bonds. The molecule has 0 atom stereocenters. The van der Waals surface area contributed by atoms with Crippen LogP contribution in [0.3, 0.4) is 0 Å². The van der Waals surface area contributed by atoms with Gasteiger partial charge in [0.2, 0.25) is 4.80 Å². The lowest BCUT2D eigenvalue weighted by atomic mass is 10.3. The number of ether oxygens (including phenoxy) is 1. The number of hydrogen-bond acceptors (Lipinski definition) is 4. The summed E-state index contributed by atoms with van der Waals surface area (Å²) < 4.78 is 9.82. The highest BCUT2D eigenvalue weighted by Gasteiger charge is 2.04. The maximum atomic E-state index is 11.9. The van der Waals surface area contributed by atoms with Crippen LogP contribution in [0.1, 0.15) is 0 Å². The summed E-state index contributed by atoms with van der Waals surface area (Å²) >= 11 is 13.0. The fraction of sp³-hybridized carbons (Fsp3) is 0.125. The zero-order valence-electron chi connectivity index (χ0n) is 12.4. The van der Waals surface area contributed by atoms with Crippen molar-refractivity contribution in [1.29, 1.82) is 0 Å².